The Labute approximate surface area is 104 Å². The fourth-order valence-electron chi connectivity index (χ4n) is 1.76. The van der Waals surface area contributed by atoms with E-state index in [0.29, 0.717) is 6.54 Å². The molecule has 0 fully saturated rings. The molecular formula is C13H12N5. The number of aromatic amines is 1. The smallest absolute Gasteiger partial charge is 0.143 e. The lowest BCUT2D eigenvalue weighted by atomic mass is 10.2. The zero-order valence-electron chi connectivity index (χ0n) is 9.64. The lowest BCUT2D eigenvalue weighted by Gasteiger charge is -2.06. The van der Waals surface area contributed by atoms with E-state index in [-0.39, 0.29) is 0 Å². The molecule has 0 aliphatic carbocycles. The Kier molecular flexibility index (Phi) is 2.66. The summed E-state index contributed by atoms with van der Waals surface area (Å²) in [5, 5.41) is 4.09. The zero-order valence-corrected chi connectivity index (χ0v) is 9.64. The van der Waals surface area contributed by atoms with E-state index in [2.05, 4.69) is 26.3 Å². The predicted molar refractivity (Wildman–Crippen MR) is 70.3 cm³/mol. The van der Waals surface area contributed by atoms with Gasteiger partial charge in [-0.1, -0.05) is 12.1 Å². The topological polar surface area (TPSA) is 79.6 Å². The van der Waals surface area contributed by atoms with Gasteiger partial charge >= 0.3 is 0 Å². The molecule has 0 unspecified atom stereocenters. The number of rotatable bonds is 3. The van der Waals surface area contributed by atoms with E-state index in [1.54, 1.807) is 6.20 Å². The van der Waals surface area contributed by atoms with E-state index in [9.17, 15) is 0 Å². The van der Waals surface area contributed by atoms with Gasteiger partial charge in [-0.2, -0.15) is 0 Å². The molecule has 0 saturated heterocycles. The monoisotopic (exact) mass is 238 g/mol. The van der Waals surface area contributed by atoms with Crippen molar-refractivity contribution < 1.29 is 0 Å². The molecule has 1 aromatic carbocycles. The van der Waals surface area contributed by atoms with Crippen LogP contribution < -0.4 is 11.1 Å². The Morgan fingerprint density at radius 2 is 2.06 bits per heavy atom. The van der Waals surface area contributed by atoms with Crippen molar-refractivity contribution in [2.24, 2.45) is 5.73 Å². The highest BCUT2D eigenvalue weighted by atomic mass is 15.0. The lowest BCUT2D eigenvalue weighted by Crippen LogP contribution is -1.98. The van der Waals surface area contributed by atoms with Crippen LogP contribution >= 0.6 is 0 Å². The summed E-state index contributed by atoms with van der Waals surface area (Å²) in [4.78, 5) is 11.3. The van der Waals surface area contributed by atoms with Gasteiger partial charge in [-0.3, -0.25) is 0 Å². The molecule has 3 rings (SSSR count). The van der Waals surface area contributed by atoms with Gasteiger partial charge in [0, 0.05) is 24.5 Å². The third kappa shape index (κ3) is 1.91. The van der Waals surface area contributed by atoms with Gasteiger partial charge in [0.2, 0.25) is 0 Å². The maximum atomic E-state index is 5.56. The van der Waals surface area contributed by atoms with Crippen LogP contribution in [0.3, 0.4) is 0 Å². The van der Waals surface area contributed by atoms with Crippen LogP contribution in [0.5, 0.6) is 0 Å². The minimum atomic E-state index is 0.545. The summed E-state index contributed by atoms with van der Waals surface area (Å²) in [5.41, 5.74) is 8.39. The third-order valence-electron chi connectivity index (χ3n) is 2.73. The number of nitrogens with zero attached hydrogens (tertiary/aromatic N) is 2. The molecule has 0 bridgehead atoms. The number of anilines is 2. The molecule has 0 aliphatic rings. The number of aromatic nitrogens is 3. The van der Waals surface area contributed by atoms with Gasteiger partial charge in [0.1, 0.15) is 17.8 Å². The molecule has 0 amide bonds. The van der Waals surface area contributed by atoms with Crippen molar-refractivity contribution in [2.45, 2.75) is 6.54 Å². The van der Waals surface area contributed by atoms with Crippen LogP contribution in [0.15, 0.2) is 36.8 Å². The largest absolute Gasteiger partial charge is 0.345 e. The molecule has 0 saturated carbocycles. The Morgan fingerprint density at radius 3 is 2.83 bits per heavy atom. The van der Waals surface area contributed by atoms with E-state index >= 15 is 0 Å². The normalized spacial score (nSPS) is 10.7. The first-order valence-electron chi connectivity index (χ1n) is 5.62. The van der Waals surface area contributed by atoms with Crippen molar-refractivity contribution in [2.75, 3.05) is 5.32 Å². The second-order valence-corrected chi connectivity index (χ2v) is 3.90. The fraction of sp³-hybridized carbons (Fsp3) is 0.0769. The van der Waals surface area contributed by atoms with E-state index < -0.39 is 0 Å². The van der Waals surface area contributed by atoms with Gasteiger partial charge in [-0.25, -0.2) is 9.97 Å². The average molecular weight is 238 g/mol. The van der Waals surface area contributed by atoms with Gasteiger partial charge in [-0.05, 0) is 17.7 Å². The van der Waals surface area contributed by atoms with Crippen LogP contribution in [-0.4, -0.2) is 15.0 Å². The first-order valence-corrected chi connectivity index (χ1v) is 5.62. The number of H-pyrrole nitrogens is 1. The molecule has 5 heteroatoms. The zero-order chi connectivity index (χ0) is 12.4. The quantitative estimate of drug-likeness (QED) is 0.651. The number of hydrogen-bond acceptors (Lipinski definition) is 4. The molecule has 3 aromatic rings. The van der Waals surface area contributed by atoms with Gasteiger partial charge in [-0.15, -0.1) is 0 Å². The average Bonchev–Trinajstić information content (AvgIpc) is 2.89. The van der Waals surface area contributed by atoms with Gasteiger partial charge in [0.05, 0.1) is 5.39 Å². The molecule has 5 nitrogen and oxygen atoms in total. The summed E-state index contributed by atoms with van der Waals surface area (Å²) in [6, 6.07) is 11.0. The van der Waals surface area contributed by atoms with Crippen LogP contribution in [0.2, 0.25) is 0 Å². The molecule has 18 heavy (non-hydrogen) atoms. The minimum Gasteiger partial charge on any atom is -0.345 e. The summed E-state index contributed by atoms with van der Waals surface area (Å²) in [6.45, 7) is 0.545. The van der Waals surface area contributed by atoms with Crippen molar-refractivity contribution in [3.63, 3.8) is 0 Å². The molecule has 4 N–H and O–H groups in total. The van der Waals surface area contributed by atoms with Crippen LogP contribution in [0.4, 0.5) is 11.5 Å². The summed E-state index contributed by atoms with van der Waals surface area (Å²) in [6.07, 6.45) is 3.24. The standard InChI is InChI=1S/C13H12N5/c14-7-9-1-3-10(4-2-9)18-13-11-5-6-15-12(11)16-8-17-13/h1-4,6,8H,7,14H2,(H2,15,16,17,18). The first kappa shape index (κ1) is 10.7. The summed E-state index contributed by atoms with van der Waals surface area (Å²) in [5.74, 6) is 0.738. The second kappa shape index (κ2) is 4.46. The highest BCUT2D eigenvalue weighted by molar-refractivity contribution is 5.88. The van der Waals surface area contributed by atoms with Crippen LogP contribution in [0, 0.1) is 6.07 Å². The summed E-state index contributed by atoms with van der Waals surface area (Å²) < 4.78 is 0. The summed E-state index contributed by atoms with van der Waals surface area (Å²) >= 11 is 0. The van der Waals surface area contributed by atoms with Crippen molar-refractivity contribution in [1.29, 1.82) is 0 Å². The number of nitrogens with one attached hydrogen (secondary N) is 2. The first-order chi connectivity index (χ1) is 8.86. The van der Waals surface area contributed by atoms with Crippen molar-refractivity contribution in [3.05, 3.63) is 48.4 Å². The maximum Gasteiger partial charge on any atom is 0.143 e. The molecule has 2 aromatic heterocycles. The van der Waals surface area contributed by atoms with Crippen LogP contribution in [0.1, 0.15) is 5.56 Å². The lowest BCUT2D eigenvalue weighted by molar-refractivity contribution is 1.07. The molecular weight excluding hydrogens is 226 g/mol. The second-order valence-electron chi connectivity index (χ2n) is 3.90. The molecule has 0 atom stereocenters. The van der Waals surface area contributed by atoms with Crippen LogP contribution in [-0.2, 0) is 6.54 Å². The number of hydrogen-bond donors (Lipinski definition) is 3. The molecule has 2 heterocycles. The third-order valence-corrected chi connectivity index (χ3v) is 2.73. The fourth-order valence-corrected chi connectivity index (χ4v) is 1.76. The van der Waals surface area contributed by atoms with E-state index in [1.165, 1.54) is 6.33 Å². The molecule has 0 aliphatic heterocycles. The molecule has 0 spiro atoms. The van der Waals surface area contributed by atoms with Gasteiger partial charge in [0.15, 0.2) is 0 Å². The van der Waals surface area contributed by atoms with Crippen molar-refractivity contribution in [1.82, 2.24) is 15.0 Å². The van der Waals surface area contributed by atoms with Crippen molar-refractivity contribution >= 4 is 22.5 Å². The van der Waals surface area contributed by atoms with Crippen molar-refractivity contribution in [3.8, 4) is 0 Å². The maximum absolute atomic E-state index is 5.56. The van der Waals surface area contributed by atoms with E-state index in [1.807, 2.05) is 24.3 Å². The minimum absolute atomic E-state index is 0.545. The van der Waals surface area contributed by atoms with E-state index in [0.717, 1.165) is 28.1 Å². The van der Waals surface area contributed by atoms with Gasteiger partial charge < -0.3 is 16.0 Å². The van der Waals surface area contributed by atoms with E-state index in [4.69, 9.17) is 5.73 Å². The molecule has 1 radical (unpaired) electrons. The number of fused-ring (bicyclic) bond motifs is 1. The Hall–Kier alpha value is -2.40. The Balaban J connectivity index is 1.93. The molecule has 89 valence electrons. The highest BCUT2D eigenvalue weighted by Gasteiger charge is 2.04. The van der Waals surface area contributed by atoms with Gasteiger partial charge in [0.25, 0.3) is 0 Å². The Morgan fingerprint density at radius 1 is 1.22 bits per heavy atom. The SMILES string of the molecule is NCc1ccc(Nc2ncnc3[nH]c[c]c23)cc1. The Bertz CT molecular complexity index is 656. The predicted octanol–water partition coefficient (Wildman–Crippen LogP) is 1.96. The highest BCUT2D eigenvalue weighted by Crippen LogP contribution is 2.21. The number of nitrogens with two attached hydrogens (primary N) is 1. The summed E-state index contributed by atoms with van der Waals surface area (Å²) in [7, 11) is 0. The van der Waals surface area contributed by atoms with Crippen LogP contribution in [0.25, 0.3) is 11.0 Å². The number of benzene rings is 1.